The Kier molecular flexibility index (Phi) is 3.84. The van der Waals surface area contributed by atoms with Crippen molar-refractivity contribution < 1.29 is 9.53 Å². The first-order chi connectivity index (χ1) is 8.20. The number of hydrogen-bond acceptors (Lipinski definition) is 4. The van der Waals surface area contributed by atoms with Gasteiger partial charge in [-0.25, -0.2) is 9.79 Å². The minimum atomic E-state index is -0.444. The molecule has 0 amide bonds. The van der Waals surface area contributed by atoms with Gasteiger partial charge in [-0.2, -0.15) is 11.8 Å². The predicted molar refractivity (Wildman–Crippen MR) is 70.4 cm³/mol. The van der Waals surface area contributed by atoms with Crippen molar-refractivity contribution in [1.29, 1.82) is 0 Å². The molecule has 0 saturated carbocycles. The molecule has 2 rings (SSSR count). The maximum atomic E-state index is 11.6. The fraction of sp³-hybridized carbons (Fsp3) is 0.385. The summed E-state index contributed by atoms with van der Waals surface area (Å²) in [4.78, 5) is 15.9. The summed E-state index contributed by atoms with van der Waals surface area (Å²) >= 11 is 1.70. The molecule has 4 heteroatoms. The third-order valence-corrected chi connectivity index (χ3v) is 3.25. The second-order valence-corrected chi connectivity index (χ2v) is 4.97. The molecule has 17 heavy (non-hydrogen) atoms. The number of esters is 1. The molecular formula is C13H15NO2S. The van der Waals surface area contributed by atoms with Gasteiger partial charge in [-0.3, -0.25) is 0 Å². The second kappa shape index (κ2) is 5.36. The Labute approximate surface area is 105 Å². The van der Waals surface area contributed by atoms with Gasteiger partial charge in [0.2, 0.25) is 6.23 Å². The minimum Gasteiger partial charge on any atom is -0.431 e. The predicted octanol–water partition coefficient (Wildman–Crippen LogP) is 2.74. The van der Waals surface area contributed by atoms with E-state index in [2.05, 4.69) is 4.99 Å². The summed E-state index contributed by atoms with van der Waals surface area (Å²) in [6, 6.07) is 7.90. The number of thioether (sulfide) groups is 1. The van der Waals surface area contributed by atoms with Crippen LogP contribution in [0.2, 0.25) is 0 Å². The van der Waals surface area contributed by atoms with Crippen LogP contribution in [-0.2, 0) is 9.53 Å². The van der Waals surface area contributed by atoms with Gasteiger partial charge in [-0.05, 0) is 18.9 Å². The number of rotatable bonds is 4. The summed E-state index contributed by atoms with van der Waals surface area (Å²) in [5.74, 6) is 0.624. The quantitative estimate of drug-likeness (QED) is 0.770. The smallest absolute Gasteiger partial charge is 0.354 e. The first kappa shape index (κ1) is 12.2. The molecule has 1 aromatic carbocycles. The fourth-order valence-electron chi connectivity index (χ4n) is 1.63. The van der Waals surface area contributed by atoms with E-state index in [1.807, 2.05) is 37.4 Å². The van der Waals surface area contributed by atoms with Crippen LogP contribution in [-0.4, -0.2) is 23.7 Å². The summed E-state index contributed by atoms with van der Waals surface area (Å²) < 4.78 is 5.25. The van der Waals surface area contributed by atoms with Gasteiger partial charge in [-0.15, -0.1) is 0 Å². The van der Waals surface area contributed by atoms with E-state index >= 15 is 0 Å². The van der Waals surface area contributed by atoms with Gasteiger partial charge in [0.15, 0.2) is 0 Å². The highest BCUT2D eigenvalue weighted by molar-refractivity contribution is 7.98. The first-order valence-electron chi connectivity index (χ1n) is 5.54. The maximum Gasteiger partial charge on any atom is 0.354 e. The van der Waals surface area contributed by atoms with Crippen LogP contribution in [0, 0.1) is 6.92 Å². The SMILES string of the molecule is CSCCC1=NC(c2ccc(C)cc2)OC1=O. The second-order valence-electron chi connectivity index (χ2n) is 3.99. The van der Waals surface area contributed by atoms with E-state index in [9.17, 15) is 4.79 Å². The van der Waals surface area contributed by atoms with Crippen LogP contribution in [0.3, 0.4) is 0 Å². The molecule has 1 heterocycles. The number of nitrogens with zero attached hydrogens (tertiary/aromatic N) is 1. The first-order valence-corrected chi connectivity index (χ1v) is 6.93. The summed E-state index contributed by atoms with van der Waals surface area (Å²) in [5.41, 5.74) is 2.68. The molecule has 0 saturated heterocycles. The number of hydrogen-bond donors (Lipinski definition) is 0. The lowest BCUT2D eigenvalue weighted by Crippen LogP contribution is -2.11. The topological polar surface area (TPSA) is 38.7 Å². The fourth-order valence-corrected chi connectivity index (χ4v) is 2.03. The van der Waals surface area contributed by atoms with Crippen LogP contribution >= 0.6 is 11.8 Å². The summed E-state index contributed by atoms with van der Waals surface area (Å²) in [5, 5.41) is 0. The van der Waals surface area contributed by atoms with Crippen LogP contribution in [0.5, 0.6) is 0 Å². The molecule has 0 radical (unpaired) electrons. The van der Waals surface area contributed by atoms with Gasteiger partial charge in [0, 0.05) is 12.0 Å². The molecule has 1 unspecified atom stereocenters. The highest BCUT2D eigenvalue weighted by atomic mass is 32.2. The highest BCUT2D eigenvalue weighted by Crippen LogP contribution is 2.25. The lowest BCUT2D eigenvalue weighted by molar-refractivity contribution is -0.138. The molecule has 90 valence electrons. The Morgan fingerprint density at radius 2 is 2.06 bits per heavy atom. The van der Waals surface area contributed by atoms with Crippen LogP contribution in [0.15, 0.2) is 29.3 Å². The van der Waals surface area contributed by atoms with E-state index in [1.165, 1.54) is 5.56 Å². The molecule has 3 nitrogen and oxygen atoms in total. The Morgan fingerprint density at radius 1 is 1.35 bits per heavy atom. The lowest BCUT2D eigenvalue weighted by atomic mass is 10.1. The monoisotopic (exact) mass is 249 g/mol. The van der Waals surface area contributed by atoms with Crippen molar-refractivity contribution >= 4 is 23.4 Å². The molecule has 0 fully saturated rings. The van der Waals surface area contributed by atoms with Crippen molar-refractivity contribution in [3.05, 3.63) is 35.4 Å². The lowest BCUT2D eigenvalue weighted by Gasteiger charge is -2.06. The third kappa shape index (κ3) is 2.88. The van der Waals surface area contributed by atoms with Crippen LogP contribution in [0.1, 0.15) is 23.8 Å². The third-order valence-electron chi connectivity index (χ3n) is 2.63. The van der Waals surface area contributed by atoms with Crippen molar-refractivity contribution in [3.63, 3.8) is 0 Å². The Balaban J connectivity index is 2.11. The van der Waals surface area contributed by atoms with E-state index in [0.29, 0.717) is 12.1 Å². The van der Waals surface area contributed by atoms with E-state index in [4.69, 9.17) is 4.74 Å². The zero-order valence-corrected chi connectivity index (χ0v) is 10.8. The zero-order valence-electron chi connectivity index (χ0n) is 9.97. The molecule has 0 N–H and O–H groups in total. The van der Waals surface area contributed by atoms with Crippen molar-refractivity contribution in [3.8, 4) is 0 Å². The van der Waals surface area contributed by atoms with Crippen molar-refractivity contribution in [2.24, 2.45) is 4.99 Å². The highest BCUT2D eigenvalue weighted by Gasteiger charge is 2.27. The number of cyclic esters (lactones) is 1. The molecule has 0 aromatic heterocycles. The summed E-state index contributed by atoms with van der Waals surface area (Å²) in [6.07, 6.45) is 2.25. The van der Waals surface area contributed by atoms with Crippen molar-refractivity contribution in [1.82, 2.24) is 0 Å². The minimum absolute atomic E-state index is 0.273. The maximum absolute atomic E-state index is 11.6. The normalized spacial score (nSPS) is 19.1. The standard InChI is InChI=1S/C13H15NO2S/c1-9-3-5-10(6-4-9)12-14-11(7-8-17-2)13(15)16-12/h3-6,12H,7-8H2,1-2H3. The summed E-state index contributed by atoms with van der Waals surface area (Å²) in [6.45, 7) is 2.03. The number of aliphatic imine (C=N–C) groups is 1. The average molecular weight is 249 g/mol. The van der Waals surface area contributed by atoms with Gasteiger partial charge >= 0.3 is 5.97 Å². The Morgan fingerprint density at radius 3 is 2.71 bits per heavy atom. The Hall–Kier alpha value is -1.29. The van der Waals surface area contributed by atoms with E-state index in [1.54, 1.807) is 11.8 Å². The number of ether oxygens (including phenoxy) is 1. The molecular weight excluding hydrogens is 234 g/mol. The number of benzene rings is 1. The zero-order chi connectivity index (χ0) is 12.3. The molecule has 1 aliphatic rings. The van der Waals surface area contributed by atoms with E-state index in [0.717, 1.165) is 11.3 Å². The molecule has 1 aromatic rings. The number of aryl methyl sites for hydroxylation is 1. The van der Waals surface area contributed by atoms with Gasteiger partial charge in [0.1, 0.15) is 5.71 Å². The molecule has 0 spiro atoms. The van der Waals surface area contributed by atoms with Crippen molar-refractivity contribution in [2.75, 3.05) is 12.0 Å². The van der Waals surface area contributed by atoms with Crippen molar-refractivity contribution in [2.45, 2.75) is 19.6 Å². The molecule has 1 atom stereocenters. The van der Waals surface area contributed by atoms with Gasteiger partial charge in [-0.1, -0.05) is 29.8 Å². The molecule has 0 bridgehead atoms. The molecule has 0 aliphatic carbocycles. The van der Waals surface area contributed by atoms with E-state index < -0.39 is 6.23 Å². The van der Waals surface area contributed by atoms with Gasteiger partial charge in [0.05, 0.1) is 0 Å². The van der Waals surface area contributed by atoms with Gasteiger partial charge in [0.25, 0.3) is 0 Å². The van der Waals surface area contributed by atoms with Crippen LogP contribution in [0.25, 0.3) is 0 Å². The summed E-state index contributed by atoms with van der Waals surface area (Å²) in [7, 11) is 0. The molecule has 1 aliphatic heterocycles. The van der Waals surface area contributed by atoms with Crippen LogP contribution in [0.4, 0.5) is 0 Å². The largest absolute Gasteiger partial charge is 0.431 e. The van der Waals surface area contributed by atoms with Crippen LogP contribution < -0.4 is 0 Å². The number of carbonyl (C=O) groups excluding carboxylic acids is 1. The average Bonchev–Trinajstić information content (AvgIpc) is 2.69. The Bertz CT molecular complexity index is 439. The number of carbonyl (C=O) groups is 1. The van der Waals surface area contributed by atoms with E-state index in [-0.39, 0.29) is 5.97 Å². The van der Waals surface area contributed by atoms with Gasteiger partial charge < -0.3 is 4.74 Å².